The summed E-state index contributed by atoms with van der Waals surface area (Å²) in [5.41, 5.74) is -0.390. The van der Waals surface area contributed by atoms with Crippen LogP contribution in [0, 0.1) is 17.8 Å². The van der Waals surface area contributed by atoms with Crippen molar-refractivity contribution in [3.05, 3.63) is 0 Å². The first-order valence-corrected chi connectivity index (χ1v) is 16.9. The third-order valence-corrected chi connectivity index (χ3v) is 9.18. The van der Waals surface area contributed by atoms with E-state index in [4.69, 9.17) is 0 Å². The maximum atomic E-state index is 13.6. The molecular weight excluding hydrogens is 514 g/mol. The zero-order valence-electron chi connectivity index (χ0n) is 26.9. The Morgan fingerprint density at radius 3 is 1.93 bits per heavy atom. The molecule has 3 fully saturated rings. The second-order valence-corrected chi connectivity index (χ2v) is 14.7. The Morgan fingerprint density at radius 1 is 0.732 bits per heavy atom. The second kappa shape index (κ2) is 16.7. The van der Waals surface area contributed by atoms with Crippen LogP contribution in [0.3, 0.4) is 0 Å². The smallest absolute Gasteiger partial charge is 0.318 e. The third kappa shape index (κ3) is 12.5. The number of hydrogen-bond acceptors (Lipinski definition) is 4. The van der Waals surface area contributed by atoms with E-state index in [1.165, 1.54) is 32.1 Å². The van der Waals surface area contributed by atoms with Gasteiger partial charge in [-0.3, -0.25) is 9.59 Å². The lowest BCUT2D eigenvalue weighted by molar-refractivity contribution is -0.131. The van der Waals surface area contributed by atoms with Crippen molar-refractivity contribution in [2.45, 2.75) is 155 Å². The molecule has 236 valence electrons. The third-order valence-electron chi connectivity index (χ3n) is 9.18. The van der Waals surface area contributed by atoms with Gasteiger partial charge in [0.05, 0.1) is 0 Å². The second-order valence-electron chi connectivity index (χ2n) is 14.7. The van der Waals surface area contributed by atoms with Gasteiger partial charge in [0.1, 0.15) is 12.1 Å². The Kier molecular flexibility index (Phi) is 13.7. The summed E-state index contributed by atoms with van der Waals surface area (Å²) in [5.74, 6) is 1.08. The molecule has 0 aromatic carbocycles. The fraction of sp³-hybridized carbons (Fsp3) is 0.909. The number of carbonyl (C=O) groups is 3. The molecule has 2 aliphatic carbocycles. The minimum absolute atomic E-state index is 0.134. The fourth-order valence-corrected chi connectivity index (χ4v) is 6.84. The molecule has 8 nitrogen and oxygen atoms in total. The van der Waals surface area contributed by atoms with Crippen LogP contribution in [0.4, 0.5) is 4.79 Å². The number of hydrogen-bond donors (Lipinski definition) is 4. The summed E-state index contributed by atoms with van der Waals surface area (Å²) in [7, 11) is 0. The molecule has 0 bridgehead atoms. The summed E-state index contributed by atoms with van der Waals surface area (Å²) in [6.07, 6.45) is 16.7. The van der Waals surface area contributed by atoms with E-state index in [2.05, 4.69) is 35.1 Å². The van der Waals surface area contributed by atoms with Crippen molar-refractivity contribution in [2.75, 3.05) is 19.6 Å². The molecule has 0 radical (unpaired) electrons. The molecule has 4 amide bonds. The van der Waals surface area contributed by atoms with Gasteiger partial charge in [0.2, 0.25) is 11.8 Å². The Balaban J connectivity index is 1.58. The van der Waals surface area contributed by atoms with Gasteiger partial charge in [-0.15, -0.1) is 0 Å². The predicted molar refractivity (Wildman–Crippen MR) is 167 cm³/mol. The van der Waals surface area contributed by atoms with Crippen LogP contribution in [0.5, 0.6) is 0 Å². The molecule has 2 saturated carbocycles. The highest BCUT2D eigenvalue weighted by Crippen LogP contribution is 2.29. The van der Waals surface area contributed by atoms with Crippen molar-refractivity contribution in [1.82, 2.24) is 26.2 Å². The van der Waals surface area contributed by atoms with Crippen molar-refractivity contribution < 1.29 is 14.4 Å². The largest absolute Gasteiger partial charge is 0.350 e. The molecule has 4 N–H and O–H groups in total. The molecule has 8 heteroatoms. The van der Waals surface area contributed by atoms with Crippen molar-refractivity contribution >= 4 is 17.8 Å². The normalized spacial score (nSPS) is 24.3. The fourth-order valence-electron chi connectivity index (χ4n) is 6.84. The zero-order chi connectivity index (χ0) is 29.8. The maximum Gasteiger partial charge on any atom is 0.318 e. The van der Waals surface area contributed by atoms with Crippen LogP contribution < -0.4 is 21.3 Å². The Labute approximate surface area is 250 Å². The minimum atomic E-state index is -0.657. The van der Waals surface area contributed by atoms with Crippen LogP contribution in [-0.2, 0) is 9.59 Å². The molecule has 2 unspecified atom stereocenters. The highest BCUT2D eigenvalue weighted by Gasteiger charge is 2.33. The molecule has 1 saturated heterocycles. The summed E-state index contributed by atoms with van der Waals surface area (Å²) in [6.45, 7) is 12.6. The summed E-state index contributed by atoms with van der Waals surface area (Å²) in [4.78, 5) is 42.0. The van der Waals surface area contributed by atoms with E-state index in [1.54, 1.807) is 0 Å². The Bertz CT molecular complexity index is 804. The number of carbonyl (C=O) groups excluding carboxylic acids is 3. The van der Waals surface area contributed by atoms with Gasteiger partial charge in [0, 0.05) is 24.7 Å². The highest BCUT2D eigenvalue weighted by atomic mass is 16.2. The number of likely N-dealkylation sites (tertiary alicyclic amines) is 1. The van der Waals surface area contributed by atoms with Gasteiger partial charge in [-0.1, -0.05) is 46.0 Å². The van der Waals surface area contributed by atoms with Crippen molar-refractivity contribution in [2.24, 2.45) is 17.8 Å². The van der Waals surface area contributed by atoms with Gasteiger partial charge in [0.25, 0.3) is 0 Å². The van der Waals surface area contributed by atoms with E-state index in [9.17, 15) is 14.4 Å². The maximum absolute atomic E-state index is 13.6. The molecule has 1 aliphatic heterocycles. The Hall–Kier alpha value is -1.83. The van der Waals surface area contributed by atoms with E-state index < -0.39 is 12.1 Å². The SMILES string of the molecule is CC(C)CC(NC(=O)N1CCCCCC1)C(=O)NC(CC1CCC(NCC2CCCCC2)CC1)C(=O)NC(C)(C)C. The lowest BCUT2D eigenvalue weighted by Gasteiger charge is -2.34. The summed E-state index contributed by atoms with van der Waals surface area (Å²) in [5, 5.41) is 13.1. The van der Waals surface area contributed by atoms with E-state index in [0.717, 1.165) is 76.9 Å². The molecule has 1 heterocycles. The number of rotatable bonds is 11. The van der Waals surface area contributed by atoms with Crippen LogP contribution in [0.25, 0.3) is 0 Å². The lowest BCUT2D eigenvalue weighted by Crippen LogP contribution is -2.58. The lowest BCUT2D eigenvalue weighted by atomic mass is 9.81. The molecule has 41 heavy (non-hydrogen) atoms. The molecule has 3 rings (SSSR count). The zero-order valence-corrected chi connectivity index (χ0v) is 26.9. The van der Waals surface area contributed by atoms with E-state index >= 15 is 0 Å². The number of urea groups is 1. The van der Waals surface area contributed by atoms with E-state index in [0.29, 0.717) is 24.8 Å². The van der Waals surface area contributed by atoms with Crippen LogP contribution in [0.15, 0.2) is 0 Å². The van der Waals surface area contributed by atoms with Gasteiger partial charge in [-0.2, -0.15) is 0 Å². The van der Waals surface area contributed by atoms with Gasteiger partial charge in [-0.25, -0.2) is 4.79 Å². The quantitative estimate of drug-likeness (QED) is 0.261. The minimum Gasteiger partial charge on any atom is -0.350 e. The van der Waals surface area contributed by atoms with Crippen LogP contribution in [0.1, 0.15) is 131 Å². The van der Waals surface area contributed by atoms with Crippen molar-refractivity contribution in [1.29, 1.82) is 0 Å². The first-order chi connectivity index (χ1) is 19.5. The Morgan fingerprint density at radius 2 is 1.34 bits per heavy atom. The standard InChI is InChI=1S/C33H61N5O3/c1-24(2)21-28(36-32(41)38-19-11-6-7-12-20-38)30(39)35-29(31(40)37-33(3,4)5)22-25-15-17-27(18-16-25)34-23-26-13-9-8-10-14-26/h24-29,34H,6-23H2,1-5H3,(H,35,39)(H,36,41)(H,37,40). The van der Waals surface area contributed by atoms with Crippen LogP contribution in [-0.4, -0.2) is 66.0 Å². The average molecular weight is 576 g/mol. The molecule has 2 atom stereocenters. The van der Waals surface area contributed by atoms with Gasteiger partial charge in [0.15, 0.2) is 0 Å². The average Bonchev–Trinajstić information content (AvgIpc) is 3.21. The molecule has 0 aromatic rings. The van der Waals surface area contributed by atoms with Crippen LogP contribution >= 0.6 is 0 Å². The first-order valence-electron chi connectivity index (χ1n) is 16.9. The van der Waals surface area contributed by atoms with Crippen molar-refractivity contribution in [3.8, 4) is 0 Å². The van der Waals surface area contributed by atoms with Gasteiger partial charge < -0.3 is 26.2 Å². The summed E-state index contributed by atoms with van der Waals surface area (Å²) in [6, 6.07) is -0.865. The van der Waals surface area contributed by atoms with Gasteiger partial charge in [-0.05, 0) is 109 Å². The van der Waals surface area contributed by atoms with Crippen LogP contribution in [0.2, 0.25) is 0 Å². The van der Waals surface area contributed by atoms with E-state index in [-0.39, 0.29) is 29.3 Å². The van der Waals surface area contributed by atoms with Crippen molar-refractivity contribution in [3.63, 3.8) is 0 Å². The molecule has 3 aliphatic rings. The monoisotopic (exact) mass is 575 g/mol. The summed E-state index contributed by atoms with van der Waals surface area (Å²) >= 11 is 0. The molecular formula is C33H61N5O3. The summed E-state index contributed by atoms with van der Waals surface area (Å²) < 4.78 is 0. The highest BCUT2D eigenvalue weighted by molar-refractivity contribution is 5.92. The number of amides is 4. The first kappa shape index (κ1) is 33.7. The molecule has 0 spiro atoms. The van der Waals surface area contributed by atoms with Gasteiger partial charge >= 0.3 is 6.03 Å². The molecule has 0 aromatic heterocycles. The number of nitrogens with zero attached hydrogens (tertiary/aromatic N) is 1. The van der Waals surface area contributed by atoms with E-state index in [1.807, 2.05) is 25.7 Å². The topological polar surface area (TPSA) is 103 Å². The predicted octanol–water partition coefficient (Wildman–Crippen LogP) is 5.51. The number of nitrogens with one attached hydrogen (secondary N) is 4.